The zero-order chi connectivity index (χ0) is 14.5. The highest BCUT2D eigenvalue weighted by Crippen LogP contribution is 2.21. The summed E-state index contributed by atoms with van der Waals surface area (Å²) in [7, 11) is 1.78. The SMILES string of the molecule is CN(Cc1cscn1)c1ccc(C=CC(=O)O)cc1F. The highest BCUT2D eigenvalue weighted by molar-refractivity contribution is 7.07. The van der Waals surface area contributed by atoms with Gasteiger partial charge in [-0.05, 0) is 23.8 Å². The van der Waals surface area contributed by atoms with Gasteiger partial charge in [-0.3, -0.25) is 0 Å². The molecule has 0 saturated heterocycles. The molecule has 2 rings (SSSR count). The van der Waals surface area contributed by atoms with Crippen LogP contribution in [-0.4, -0.2) is 23.1 Å². The lowest BCUT2D eigenvalue weighted by Crippen LogP contribution is -2.17. The molecule has 1 heterocycles. The van der Waals surface area contributed by atoms with Crippen molar-refractivity contribution in [2.75, 3.05) is 11.9 Å². The van der Waals surface area contributed by atoms with Crippen molar-refractivity contribution in [3.05, 3.63) is 52.2 Å². The molecule has 0 unspecified atom stereocenters. The molecule has 0 bridgehead atoms. The van der Waals surface area contributed by atoms with Crippen LogP contribution in [0.2, 0.25) is 0 Å². The molecule has 2 aromatic rings. The third-order valence-corrected chi connectivity index (χ3v) is 3.32. The molecule has 0 atom stereocenters. The molecule has 1 aromatic heterocycles. The van der Waals surface area contributed by atoms with Crippen LogP contribution in [0.5, 0.6) is 0 Å². The van der Waals surface area contributed by atoms with Crippen molar-refractivity contribution in [3.63, 3.8) is 0 Å². The van der Waals surface area contributed by atoms with E-state index >= 15 is 0 Å². The number of halogens is 1. The second-order valence-electron chi connectivity index (χ2n) is 4.22. The van der Waals surface area contributed by atoms with E-state index in [9.17, 15) is 9.18 Å². The lowest BCUT2D eigenvalue weighted by Gasteiger charge is -2.19. The lowest BCUT2D eigenvalue weighted by atomic mass is 10.1. The normalized spacial score (nSPS) is 10.9. The Morgan fingerprint density at radius 2 is 2.35 bits per heavy atom. The fraction of sp³-hybridized carbons (Fsp3) is 0.143. The number of hydrogen-bond acceptors (Lipinski definition) is 4. The summed E-state index contributed by atoms with van der Waals surface area (Å²) in [4.78, 5) is 16.3. The summed E-state index contributed by atoms with van der Waals surface area (Å²) in [5.74, 6) is -1.45. The summed E-state index contributed by atoms with van der Waals surface area (Å²) in [6, 6.07) is 4.62. The van der Waals surface area contributed by atoms with Gasteiger partial charge in [0.05, 0.1) is 23.4 Å². The smallest absolute Gasteiger partial charge is 0.328 e. The van der Waals surface area contributed by atoms with Crippen LogP contribution >= 0.6 is 11.3 Å². The van der Waals surface area contributed by atoms with E-state index in [1.807, 2.05) is 5.38 Å². The van der Waals surface area contributed by atoms with Crippen molar-refractivity contribution in [3.8, 4) is 0 Å². The molecular weight excluding hydrogens is 279 g/mol. The summed E-state index contributed by atoms with van der Waals surface area (Å²) < 4.78 is 14.0. The Bertz CT molecular complexity index is 626. The molecule has 0 fully saturated rings. The summed E-state index contributed by atoms with van der Waals surface area (Å²) in [6.07, 6.45) is 2.34. The molecule has 0 radical (unpaired) electrons. The molecule has 104 valence electrons. The quantitative estimate of drug-likeness (QED) is 0.861. The minimum absolute atomic E-state index is 0.393. The maximum atomic E-state index is 14.0. The van der Waals surface area contributed by atoms with Gasteiger partial charge in [-0.2, -0.15) is 0 Å². The number of thiazole rings is 1. The van der Waals surface area contributed by atoms with Crippen molar-refractivity contribution >= 4 is 29.1 Å². The lowest BCUT2D eigenvalue weighted by molar-refractivity contribution is -0.131. The largest absolute Gasteiger partial charge is 0.478 e. The van der Waals surface area contributed by atoms with Crippen molar-refractivity contribution in [2.45, 2.75) is 6.54 Å². The van der Waals surface area contributed by atoms with Gasteiger partial charge in [-0.25, -0.2) is 14.2 Å². The number of aromatic nitrogens is 1. The van der Waals surface area contributed by atoms with Gasteiger partial charge < -0.3 is 10.0 Å². The summed E-state index contributed by atoms with van der Waals surface area (Å²) in [6.45, 7) is 0.519. The predicted octanol–water partition coefficient (Wildman–Crippen LogP) is 3.02. The maximum absolute atomic E-state index is 14.0. The van der Waals surface area contributed by atoms with Gasteiger partial charge in [0.2, 0.25) is 0 Å². The van der Waals surface area contributed by atoms with E-state index in [-0.39, 0.29) is 0 Å². The molecule has 1 aromatic carbocycles. The molecule has 0 spiro atoms. The van der Waals surface area contributed by atoms with Crippen LogP contribution in [-0.2, 0) is 11.3 Å². The van der Waals surface area contributed by atoms with Crippen LogP contribution in [0.25, 0.3) is 6.08 Å². The summed E-state index contributed by atoms with van der Waals surface area (Å²) in [5.41, 5.74) is 3.58. The summed E-state index contributed by atoms with van der Waals surface area (Å²) in [5, 5.41) is 10.5. The predicted molar refractivity (Wildman–Crippen MR) is 77.3 cm³/mol. The number of carboxylic acids is 1. The van der Waals surface area contributed by atoms with Crippen LogP contribution in [0.1, 0.15) is 11.3 Å². The van der Waals surface area contributed by atoms with E-state index < -0.39 is 11.8 Å². The fourth-order valence-corrected chi connectivity index (χ4v) is 2.30. The number of hydrogen-bond donors (Lipinski definition) is 1. The average Bonchev–Trinajstić information content (AvgIpc) is 2.89. The Labute approximate surface area is 119 Å². The van der Waals surface area contributed by atoms with Gasteiger partial charge in [-0.1, -0.05) is 6.07 Å². The van der Waals surface area contributed by atoms with Crippen molar-refractivity contribution in [1.82, 2.24) is 4.98 Å². The molecule has 0 aliphatic rings. The Kier molecular flexibility index (Phi) is 4.47. The number of rotatable bonds is 5. The highest BCUT2D eigenvalue weighted by atomic mass is 32.1. The molecule has 1 N–H and O–H groups in total. The third kappa shape index (κ3) is 3.64. The molecule has 4 nitrogen and oxygen atoms in total. The van der Waals surface area contributed by atoms with Crippen molar-refractivity contribution in [2.24, 2.45) is 0 Å². The Hall–Kier alpha value is -2.21. The fourth-order valence-electron chi connectivity index (χ4n) is 1.75. The molecule has 0 aliphatic carbocycles. The summed E-state index contributed by atoms with van der Waals surface area (Å²) >= 11 is 1.50. The first-order valence-corrected chi connectivity index (χ1v) is 6.79. The van der Waals surface area contributed by atoms with E-state index in [1.165, 1.54) is 23.5 Å². The second kappa shape index (κ2) is 6.29. The van der Waals surface area contributed by atoms with Crippen LogP contribution < -0.4 is 4.90 Å². The van der Waals surface area contributed by atoms with Crippen LogP contribution in [0, 0.1) is 5.82 Å². The van der Waals surface area contributed by atoms with E-state index in [0.29, 0.717) is 17.8 Å². The van der Waals surface area contributed by atoms with Gasteiger partial charge in [-0.15, -0.1) is 11.3 Å². The molecule has 0 saturated carbocycles. The topological polar surface area (TPSA) is 53.4 Å². The van der Waals surface area contributed by atoms with E-state index in [0.717, 1.165) is 11.8 Å². The maximum Gasteiger partial charge on any atom is 0.328 e. The standard InChI is InChI=1S/C14H13FN2O2S/c1-17(7-11-8-20-9-16-11)13-4-2-10(6-12(13)15)3-5-14(18)19/h2-6,8-9H,7H2,1H3,(H,18,19). The first-order valence-electron chi connectivity index (χ1n) is 5.85. The van der Waals surface area contributed by atoms with E-state index in [4.69, 9.17) is 5.11 Å². The molecule has 0 amide bonds. The Balaban J connectivity index is 2.14. The average molecular weight is 292 g/mol. The molecule has 0 aliphatic heterocycles. The number of carboxylic acid groups (broad SMARTS) is 1. The molecule has 20 heavy (non-hydrogen) atoms. The zero-order valence-corrected chi connectivity index (χ0v) is 11.6. The van der Waals surface area contributed by atoms with Gasteiger partial charge in [0, 0.05) is 18.5 Å². The minimum atomic E-state index is -1.06. The third-order valence-electron chi connectivity index (χ3n) is 2.68. The zero-order valence-electron chi connectivity index (χ0n) is 10.8. The molecular formula is C14H13FN2O2S. The minimum Gasteiger partial charge on any atom is -0.478 e. The number of nitrogens with zero attached hydrogens (tertiary/aromatic N) is 2. The molecule has 6 heteroatoms. The van der Waals surface area contributed by atoms with Crippen molar-refractivity contribution in [1.29, 1.82) is 0 Å². The number of benzene rings is 1. The monoisotopic (exact) mass is 292 g/mol. The number of aliphatic carboxylic acids is 1. The van der Waals surface area contributed by atoms with Gasteiger partial charge in [0.15, 0.2) is 0 Å². The van der Waals surface area contributed by atoms with Crippen LogP contribution in [0.15, 0.2) is 35.2 Å². The first-order chi connectivity index (χ1) is 9.56. The van der Waals surface area contributed by atoms with Crippen molar-refractivity contribution < 1.29 is 14.3 Å². The van der Waals surface area contributed by atoms with Crippen LogP contribution in [0.3, 0.4) is 0 Å². The second-order valence-corrected chi connectivity index (χ2v) is 4.94. The van der Waals surface area contributed by atoms with E-state index in [2.05, 4.69) is 4.98 Å². The van der Waals surface area contributed by atoms with E-state index in [1.54, 1.807) is 29.6 Å². The highest BCUT2D eigenvalue weighted by Gasteiger charge is 2.09. The first kappa shape index (κ1) is 14.2. The van der Waals surface area contributed by atoms with Crippen LogP contribution in [0.4, 0.5) is 10.1 Å². The van der Waals surface area contributed by atoms with Gasteiger partial charge in [0.1, 0.15) is 5.82 Å². The Morgan fingerprint density at radius 3 is 2.95 bits per heavy atom. The van der Waals surface area contributed by atoms with Gasteiger partial charge >= 0.3 is 5.97 Å². The Morgan fingerprint density at radius 1 is 1.55 bits per heavy atom. The van der Waals surface area contributed by atoms with Gasteiger partial charge in [0.25, 0.3) is 0 Å². The number of carbonyl (C=O) groups is 1. The number of anilines is 1.